The maximum absolute atomic E-state index is 12.8. The topological polar surface area (TPSA) is 83.3 Å². The van der Waals surface area contributed by atoms with E-state index in [9.17, 15) is 4.79 Å². The van der Waals surface area contributed by atoms with Crippen molar-refractivity contribution in [1.29, 1.82) is 0 Å². The fourth-order valence-electron chi connectivity index (χ4n) is 4.85. The lowest BCUT2D eigenvalue weighted by Crippen LogP contribution is -2.17. The predicted molar refractivity (Wildman–Crippen MR) is 166 cm³/mol. The first kappa shape index (κ1) is 27.9. The number of amides is 1. The van der Waals surface area contributed by atoms with Gasteiger partial charge in [-0.3, -0.25) is 4.79 Å². The van der Waals surface area contributed by atoms with Crippen LogP contribution in [0, 0.1) is 6.92 Å². The summed E-state index contributed by atoms with van der Waals surface area (Å²) in [5, 5.41) is 4.47. The Morgan fingerprint density at radius 1 is 0.977 bits per heavy atom. The van der Waals surface area contributed by atoms with Crippen LogP contribution in [0.25, 0.3) is 16.9 Å². The van der Waals surface area contributed by atoms with E-state index in [2.05, 4.69) is 46.3 Å². The van der Waals surface area contributed by atoms with Crippen LogP contribution < -0.4 is 24.4 Å². The Morgan fingerprint density at radius 3 is 2.56 bits per heavy atom. The van der Waals surface area contributed by atoms with Gasteiger partial charge in [0, 0.05) is 16.9 Å². The number of benzene rings is 4. The fourth-order valence-corrected chi connectivity index (χ4v) is 5.12. The molecule has 4 aromatic carbocycles. The summed E-state index contributed by atoms with van der Waals surface area (Å²) in [4.78, 5) is 12.8. The van der Waals surface area contributed by atoms with Crippen molar-refractivity contribution in [3.8, 4) is 39.9 Å². The Hall–Kier alpha value is -5.21. The van der Waals surface area contributed by atoms with Gasteiger partial charge in [-0.2, -0.15) is 5.10 Å². The SMILES string of the molecule is COc1cc(/C=N/NC(=O)c2ccc(-n3c(C)ccc3-c3ccccc3)cc2)cc(Cl)c1OCc1ccc2c(c1)OCO2. The van der Waals surface area contributed by atoms with Gasteiger partial charge in [0.25, 0.3) is 5.91 Å². The van der Waals surface area contributed by atoms with E-state index in [0.717, 1.165) is 28.2 Å². The summed E-state index contributed by atoms with van der Waals surface area (Å²) in [6, 6.07) is 30.8. The summed E-state index contributed by atoms with van der Waals surface area (Å²) in [5.41, 5.74) is 8.84. The van der Waals surface area contributed by atoms with Crippen LogP contribution in [0.3, 0.4) is 0 Å². The number of rotatable bonds is 9. The van der Waals surface area contributed by atoms with E-state index in [-0.39, 0.29) is 19.3 Å². The first-order chi connectivity index (χ1) is 21.0. The van der Waals surface area contributed by atoms with Crippen molar-refractivity contribution in [3.05, 3.63) is 124 Å². The highest BCUT2D eigenvalue weighted by atomic mass is 35.5. The smallest absolute Gasteiger partial charge is 0.271 e. The van der Waals surface area contributed by atoms with E-state index in [0.29, 0.717) is 39.1 Å². The Labute approximate surface area is 254 Å². The highest BCUT2D eigenvalue weighted by molar-refractivity contribution is 6.32. The van der Waals surface area contributed by atoms with E-state index < -0.39 is 0 Å². The summed E-state index contributed by atoms with van der Waals surface area (Å²) in [6.07, 6.45) is 1.50. The molecule has 1 aliphatic rings. The number of aromatic nitrogens is 1. The van der Waals surface area contributed by atoms with Crippen LogP contribution in [-0.4, -0.2) is 30.6 Å². The molecular formula is C34H28ClN3O5. The Kier molecular flexibility index (Phi) is 8.02. The molecule has 1 aliphatic heterocycles. The fraction of sp³-hybridized carbons (Fsp3) is 0.118. The molecule has 5 aromatic rings. The van der Waals surface area contributed by atoms with Gasteiger partial charge in [0.2, 0.25) is 6.79 Å². The third-order valence-electron chi connectivity index (χ3n) is 6.98. The number of methoxy groups -OCH3 is 1. The number of fused-ring (bicyclic) bond motifs is 1. The molecule has 9 heteroatoms. The monoisotopic (exact) mass is 593 g/mol. The summed E-state index contributed by atoms with van der Waals surface area (Å²) >= 11 is 6.53. The van der Waals surface area contributed by atoms with E-state index in [1.54, 1.807) is 24.3 Å². The maximum Gasteiger partial charge on any atom is 0.271 e. The number of hydrazone groups is 1. The van der Waals surface area contributed by atoms with Gasteiger partial charge in [0.15, 0.2) is 23.0 Å². The number of ether oxygens (including phenoxy) is 4. The molecule has 0 spiro atoms. The standard InChI is InChI=1S/C34H28ClN3O5/c1-22-8-14-29(25-6-4-3-5-7-25)38(22)27-12-10-26(11-13-27)34(39)37-36-19-24-16-28(35)33(32(18-24)40-2)41-20-23-9-15-30-31(17-23)43-21-42-30/h3-19H,20-21H2,1-2H3,(H,37,39)/b36-19+. The van der Waals surface area contributed by atoms with Crippen LogP contribution in [0.5, 0.6) is 23.0 Å². The molecule has 0 saturated carbocycles. The largest absolute Gasteiger partial charge is 0.493 e. The van der Waals surface area contributed by atoms with Gasteiger partial charge in [-0.05, 0) is 84.3 Å². The van der Waals surface area contributed by atoms with Gasteiger partial charge < -0.3 is 23.5 Å². The number of hydrogen-bond donors (Lipinski definition) is 1. The van der Waals surface area contributed by atoms with Crippen molar-refractivity contribution >= 4 is 23.7 Å². The van der Waals surface area contributed by atoms with E-state index >= 15 is 0 Å². The van der Waals surface area contributed by atoms with Crippen LogP contribution >= 0.6 is 11.6 Å². The van der Waals surface area contributed by atoms with E-state index in [4.69, 9.17) is 30.5 Å². The first-order valence-corrected chi connectivity index (χ1v) is 13.9. The number of nitrogens with one attached hydrogen (secondary N) is 1. The van der Waals surface area contributed by atoms with Crippen molar-refractivity contribution in [2.24, 2.45) is 5.10 Å². The van der Waals surface area contributed by atoms with Crippen LogP contribution in [-0.2, 0) is 6.61 Å². The maximum atomic E-state index is 12.8. The van der Waals surface area contributed by atoms with Gasteiger partial charge in [0.05, 0.1) is 24.0 Å². The molecular weight excluding hydrogens is 566 g/mol. The number of carbonyl (C=O) groups is 1. The zero-order chi connectivity index (χ0) is 29.8. The van der Waals surface area contributed by atoms with Gasteiger partial charge >= 0.3 is 0 Å². The Morgan fingerprint density at radius 2 is 1.77 bits per heavy atom. The van der Waals surface area contributed by atoms with Crippen molar-refractivity contribution in [1.82, 2.24) is 9.99 Å². The van der Waals surface area contributed by atoms with Crippen LogP contribution in [0.1, 0.15) is 27.2 Å². The average Bonchev–Trinajstić information content (AvgIpc) is 3.67. The third kappa shape index (κ3) is 6.05. The Balaban J connectivity index is 1.11. The second kappa shape index (κ2) is 12.3. The lowest BCUT2D eigenvalue weighted by atomic mass is 10.1. The van der Waals surface area contributed by atoms with E-state index in [1.807, 2.05) is 48.5 Å². The van der Waals surface area contributed by atoms with Gasteiger partial charge in [0.1, 0.15) is 6.61 Å². The molecule has 0 radical (unpaired) electrons. The van der Waals surface area contributed by atoms with Gasteiger partial charge in [-0.1, -0.05) is 48.0 Å². The van der Waals surface area contributed by atoms with Crippen molar-refractivity contribution < 1.29 is 23.7 Å². The molecule has 216 valence electrons. The Bertz CT molecular complexity index is 1800. The molecule has 0 fully saturated rings. The van der Waals surface area contributed by atoms with Gasteiger partial charge in [-0.25, -0.2) is 5.43 Å². The van der Waals surface area contributed by atoms with Crippen molar-refractivity contribution in [2.45, 2.75) is 13.5 Å². The predicted octanol–water partition coefficient (Wildman–Crippen LogP) is 7.19. The highest BCUT2D eigenvalue weighted by Crippen LogP contribution is 2.38. The van der Waals surface area contributed by atoms with Crippen LogP contribution in [0.4, 0.5) is 0 Å². The molecule has 1 N–H and O–H groups in total. The quantitative estimate of drug-likeness (QED) is 0.144. The second-order valence-corrected chi connectivity index (χ2v) is 10.2. The molecule has 0 bridgehead atoms. The second-order valence-electron chi connectivity index (χ2n) is 9.82. The van der Waals surface area contributed by atoms with Crippen LogP contribution in [0.15, 0.2) is 102 Å². The number of carbonyl (C=O) groups excluding carboxylic acids is 1. The molecule has 43 heavy (non-hydrogen) atoms. The summed E-state index contributed by atoms with van der Waals surface area (Å²) in [7, 11) is 1.53. The minimum absolute atomic E-state index is 0.207. The normalized spacial score (nSPS) is 12.0. The highest BCUT2D eigenvalue weighted by Gasteiger charge is 2.16. The van der Waals surface area contributed by atoms with Crippen LogP contribution in [0.2, 0.25) is 5.02 Å². The minimum atomic E-state index is -0.336. The summed E-state index contributed by atoms with van der Waals surface area (Å²) in [5.74, 6) is 1.88. The zero-order valence-corrected chi connectivity index (χ0v) is 24.3. The van der Waals surface area contributed by atoms with Crippen molar-refractivity contribution in [2.75, 3.05) is 13.9 Å². The molecule has 1 amide bonds. The molecule has 2 heterocycles. The molecule has 0 aliphatic carbocycles. The van der Waals surface area contributed by atoms with Gasteiger partial charge in [-0.15, -0.1) is 0 Å². The molecule has 8 nitrogen and oxygen atoms in total. The average molecular weight is 594 g/mol. The minimum Gasteiger partial charge on any atom is -0.493 e. The lowest BCUT2D eigenvalue weighted by molar-refractivity contribution is 0.0955. The lowest BCUT2D eigenvalue weighted by Gasteiger charge is -2.13. The number of halogens is 1. The first-order valence-electron chi connectivity index (χ1n) is 13.6. The molecule has 1 aromatic heterocycles. The molecule has 0 saturated heterocycles. The zero-order valence-electron chi connectivity index (χ0n) is 23.5. The summed E-state index contributed by atoms with van der Waals surface area (Å²) in [6.45, 7) is 2.52. The number of nitrogens with zero attached hydrogens (tertiary/aromatic N) is 2. The molecule has 0 atom stereocenters. The number of hydrogen-bond acceptors (Lipinski definition) is 6. The molecule has 0 unspecified atom stereocenters. The molecule has 6 rings (SSSR count). The van der Waals surface area contributed by atoms with Crippen molar-refractivity contribution in [3.63, 3.8) is 0 Å². The third-order valence-corrected chi connectivity index (χ3v) is 7.27. The van der Waals surface area contributed by atoms with E-state index in [1.165, 1.54) is 13.3 Å². The summed E-state index contributed by atoms with van der Waals surface area (Å²) < 4.78 is 24.4. The number of aryl methyl sites for hydroxylation is 1.